The molecule has 5 heteroatoms. The molecule has 0 nitrogen and oxygen atoms in total. The molecule has 2 heterocycles. The lowest BCUT2D eigenvalue weighted by molar-refractivity contribution is 1.27. The van der Waals surface area contributed by atoms with Crippen LogP contribution in [0.4, 0.5) is 0 Å². The van der Waals surface area contributed by atoms with Gasteiger partial charge in [0.2, 0.25) is 0 Å². The van der Waals surface area contributed by atoms with E-state index in [9.17, 15) is 0 Å². The molecule has 0 radical (unpaired) electrons. The maximum atomic E-state index is 3.71. The Morgan fingerprint density at radius 1 is 1.14 bits per heavy atom. The summed E-state index contributed by atoms with van der Waals surface area (Å²) in [4.78, 5) is 2.94. The number of halogens is 3. The van der Waals surface area contributed by atoms with Crippen LogP contribution in [0.1, 0.15) is 14.6 Å². The molecule has 74 valence electrons. The van der Waals surface area contributed by atoms with Crippen LogP contribution in [0.5, 0.6) is 0 Å². The van der Waals surface area contributed by atoms with Gasteiger partial charge in [-0.2, -0.15) is 0 Å². The number of hydrogen-bond acceptors (Lipinski definition) is 2. The second-order valence-electron chi connectivity index (χ2n) is 2.64. The van der Waals surface area contributed by atoms with Crippen LogP contribution in [0.3, 0.4) is 0 Å². The van der Waals surface area contributed by atoms with Crippen LogP contribution in [-0.2, 0) is 0 Å². The third-order valence-corrected chi connectivity index (χ3v) is 6.90. The standard InChI is InChI=1S/C9H5Br3S2/c10-5-3-4-13-9(5)8(12)6-1-2-7(11)14-6/h1-4,8H. The molecule has 0 N–H and O–H groups in total. The summed E-state index contributed by atoms with van der Waals surface area (Å²) in [6.07, 6.45) is 0. The second-order valence-corrected chi connectivity index (χ2v) is 7.85. The van der Waals surface area contributed by atoms with Crippen LogP contribution in [0, 0.1) is 0 Å². The fourth-order valence-corrected chi connectivity index (χ4v) is 5.47. The van der Waals surface area contributed by atoms with Crippen molar-refractivity contribution in [1.29, 1.82) is 0 Å². The zero-order chi connectivity index (χ0) is 10.1. The van der Waals surface area contributed by atoms with Gasteiger partial charge in [-0.3, -0.25) is 0 Å². The molecule has 0 fully saturated rings. The molecule has 1 unspecified atom stereocenters. The Hall–Kier alpha value is 0.840. The third kappa shape index (κ3) is 2.32. The molecule has 0 amide bonds. The molecule has 0 saturated heterocycles. The van der Waals surface area contributed by atoms with Crippen LogP contribution in [0.2, 0.25) is 0 Å². The van der Waals surface area contributed by atoms with E-state index in [0.717, 1.165) is 0 Å². The van der Waals surface area contributed by atoms with Crippen molar-refractivity contribution in [2.75, 3.05) is 0 Å². The highest BCUT2D eigenvalue weighted by atomic mass is 79.9. The Morgan fingerprint density at radius 3 is 2.43 bits per heavy atom. The van der Waals surface area contributed by atoms with Crippen molar-refractivity contribution < 1.29 is 0 Å². The smallest absolute Gasteiger partial charge is 0.0842 e. The number of rotatable bonds is 2. The summed E-state index contributed by atoms with van der Waals surface area (Å²) in [6.45, 7) is 0. The fraction of sp³-hybridized carbons (Fsp3) is 0.111. The molecule has 2 rings (SSSR count). The summed E-state index contributed by atoms with van der Waals surface area (Å²) in [5, 5.41) is 2.09. The molecule has 0 aliphatic carbocycles. The largest absolute Gasteiger partial charge is 0.146 e. The Bertz CT molecular complexity index is 433. The minimum Gasteiger partial charge on any atom is -0.146 e. The van der Waals surface area contributed by atoms with Gasteiger partial charge in [0.05, 0.1) is 8.61 Å². The highest BCUT2D eigenvalue weighted by molar-refractivity contribution is 9.11. The van der Waals surface area contributed by atoms with Crippen molar-refractivity contribution in [3.05, 3.63) is 41.6 Å². The lowest BCUT2D eigenvalue weighted by Crippen LogP contribution is -1.84. The molecule has 0 aromatic carbocycles. The maximum absolute atomic E-state index is 3.71. The summed E-state index contributed by atoms with van der Waals surface area (Å²) in [7, 11) is 0. The van der Waals surface area contributed by atoms with Crippen LogP contribution in [-0.4, -0.2) is 0 Å². The van der Waals surface area contributed by atoms with Crippen molar-refractivity contribution in [3.8, 4) is 0 Å². The van der Waals surface area contributed by atoms with E-state index in [1.165, 1.54) is 18.0 Å². The molecule has 14 heavy (non-hydrogen) atoms. The molecule has 1 atom stereocenters. The van der Waals surface area contributed by atoms with Crippen molar-refractivity contribution >= 4 is 70.5 Å². The Kier molecular flexibility index (Phi) is 3.87. The van der Waals surface area contributed by atoms with Crippen molar-refractivity contribution in [2.24, 2.45) is 0 Å². The molecular weight excluding hydrogens is 412 g/mol. The van der Waals surface area contributed by atoms with E-state index in [2.05, 4.69) is 71.4 Å². The topological polar surface area (TPSA) is 0 Å². The summed E-state index contributed by atoms with van der Waals surface area (Å²) in [5.41, 5.74) is 0. The Morgan fingerprint density at radius 2 is 1.93 bits per heavy atom. The minimum absolute atomic E-state index is 0.299. The lowest BCUT2D eigenvalue weighted by atomic mass is 10.3. The number of hydrogen-bond donors (Lipinski definition) is 0. The number of thiophene rings is 2. The summed E-state index contributed by atoms with van der Waals surface area (Å²) >= 11 is 14.2. The highest BCUT2D eigenvalue weighted by Gasteiger charge is 2.16. The first-order valence-electron chi connectivity index (χ1n) is 3.80. The van der Waals surface area contributed by atoms with Gasteiger partial charge in [0, 0.05) is 14.2 Å². The van der Waals surface area contributed by atoms with E-state index in [1.807, 2.05) is 0 Å². The lowest BCUT2D eigenvalue weighted by Gasteiger charge is -2.05. The Balaban J connectivity index is 2.33. The molecule has 0 saturated carbocycles. The van der Waals surface area contributed by atoms with Gasteiger partial charge in [0.15, 0.2) is 0 Å². The van der Waals surface area contributed by atoms with Gasteiger partial charge in [0.1, 0.15) is 0 Å². The molecule has 0 aliphatic rings. The monoisotopic (exact) mass is 414 g/mol. The van der Waals surface area contributed by atoms with Gasteiger partial charge >= 0.3 is 0 Å². The predicted octanol–water partition coefficient (Wildman–Crippen LogP) is 5.82. The first-order valence-corrected chi connectivity index (χ1v) is 8.00. The van der Waals surface area contributed by atoms with Gasteiger partial charge in [-0.15, -0.1) is 22.7 Å². The summed E-state index contributed by atoms with van der Waals surface area (Å²) in [5.74, 6) is 0. The fourth-order valence-electron chi connectivity index (χ4n) is 1.08. The van der Waals surface area contributed by atoms with Crippen molar-refractivity contribution in [1.82, 2.24) is 0 Å². The first-order chi connectivity index (χ1) is 6.68. The van der Waals surface area contributed by atoms with E-state index < -0.39 is 0 Å². The van der Waals surface area contributed by atoms with Gasteiger partial charge in [-0.1, -0.05) is 15.9 Å². The van der Waals surface area contributed by atoms with Crippen LogP contribution in [0.15, 0.2) is 31.8 Å². The quantitative estimate of drug-likeness (QED) is 0.541. The Labute approximate surface area is 116 Å². The summed E-state index contributed by atoms with van der Waals surface area (Å²) in [6, 6.07) is 6.30. The predicted molar refractivity (Wildman–Crippen MR) is 74.8 cm³/mol. The van der Waals surface area contributed by atoms with Crippen LogP contribution in [0.25, 0.3) is 0 Å². The molecule has 0 bridgehead atoms. The average molecular weight is 417 g/mol. The van der Waals surface area contributed by atoms with Crippen molar-refractivity contribution in [3.63, 3.8) is 0 Å². The summed E-state index contributed by atoms with van der Waals surface area (Å²) < 4.78 is 2.35. The van der Waals surface area contributed by atoms with Gasteiger partial charge in [-0.25, -0.2) is 0 Å². The zero-order valence-electron chi connectivity index (χ0n) is 6.84. The van der Waals surface area contributed by atoms with Gasteiger partial charge in [0.25, 0.3) is 0 Å². The van der Waals surface area contributed by atoms with Gasteiger partial charge < -0.3 is 0 Å². The first kappa shape index (κ1) is 11.3. The third-order valence-electron chi connectivity index (χ3n) is 1.72. The zero-order valence-corrected chi connectivity index (χ0v) is 13.2. The molecule has 0 aliphatic heterocycles. The number of alkyl halides is 1. The van der Waals surface area contributed by atoms with Gasteiger partial charge in [-0.05, 0) is 55.4 Å². The van der Waals surface area contributed by atoms with Crippen LogP contribution >= 0.6 is 70.5 Å². The second kappa shape index (κ2) is 4.78. The normalized spacial score (nSPS) is 13.1. The van der Waals surface area contributed by atoms with E-state index in [4.69, 9.17) is 0 Å². The average Bonchev–Trinajstić information content (AvgIpc) is 2.73. The molecule has 0 spiro atoms. The molecular formula is C9H5Br3S2. The highest BCUT2D eigenvalue weighted by Crippen LogP contribution is 2.42. The SMILES string of the molecule is Brc1ccc(C(Br)c2sccc2Br)s1. The van der Waals surface area contributed by atoms with Crippen molar-refractivity contribution in [2.45, 2.75) is 4.83 Å². The van der Waals surface area contributed by atoms with E-state index in [1.54, 1.807) is 22.7 Å². The maximum Gasteiger partial charge on any atom is 0.0842 e. The minimum atomic E-state index is 0.299. The van der Waals surface area contributed by atoms with E-state index in [0.29, 0.717) is 4.83 Å². The molecule has 2 aromatic rings. The molecule has 2 aromatic heterocycles. The van der Waals surface area contributed by atoms with E-state index in [-0.39, 0.29) is 0 Å². The van der Waals surface area contributed by atoms with Crippen LogP contribution < -0.4 is 0 Å². The van der Waals surface area contributed by atoms with E-state index >= 15 is 0 Å².